The molecule has 1 N–H and O–H groups in total. The molecule has 0 aliphatic carbocycles. The molecule has 3 aromatic carbocycles. The number of para-hydroxylation sites is 1. The van der Waals surface area contributed by atoms with Crippen molar-refractivity contribution in [1.82, 2.24) is 4.90 Å². The van der Waals surface area contributed by atoms with Gasteiger partial charge >= 0.3 is 5.97 Å². The van der Waals surface area contributed by atoms with Gasteiger partial charge in [-0.3, -0.25) is 4.79 Å². The summed E-state index contributed by atoms with van der Waals surface area (Å²) in [5, 5.41) is 3.28. The number of hydrogen-bond donors (Lipinski definition) is 1. The number of amides is 1. The van der Waals surface area contributed by atoms with Crippen LogP contribution in [-0.4, -0.2) is 50.8 Å². The number of nitrogens with one attached hydrogen (secondary N) is 1. The second kappa shape index (κ2) is 11.3. The quantitative estimate of drug-likeness (QED) is 0.468. The number of benzene rings is 3. The summed E-state index contributed by atoms with van der Waals surface area (Å²) < 4.78 is 21.3. The van der Waals surface area contributed by atoms with Crippen LogP contribution < -0.4 is 19.5 Å². The molecular weight excluding hydrogens is 448 g/mol. The van der Waals surface area contributed by atoms with Crippen molar-refractivity contribution >= 4 is 23.3 Å². The summed E-state index contributed by atoms with van der Waals surface area (Å²) in [6.45, 7) is 0.355. The topological polar surface area (TPSA) is 86.3 Å². The van der Waals surface area contributed by atoms with Crippen LogP contribution >= 0.6 is 0 Å². The molecule has 8 nitrogen and oxygen atoms in total. The van der Waals surface area contributed by atoms with Crippen molar-refractivity contribution in [2.75, 3.05) is 39.3 Å². The third kappa shape index (κ3) is 6.23. The molecule has 0 unspecified atom stereocenters. The first-order chi connectivity index (χ1) is 17.1. The van der Waals surface area contributed by atoms with Gasteiger partial charge in [0.1, 0.15) is 5.75 Å². The lowest BCUT2D eigenvalue weighted by Gasteiger charge is -2.29. The van der Waals surface area contributed by atoms with Crippen LogP contribution in [-0.2, 0) is 27.3 Å². The second-order valence-electron chi connectivity index (χ2n) is 8.01. The summed E-state index contributed by atoms with van der Waals surface area (Å²) in [5.41, 5.74) is 3.98. The second-order valence-corrected chi connectivity index (χ2v) is 8.01. The highest BCUT2D eigenvalue weighted by atomic mass is 16.6. The smallest absolute Gasteiger partial charge is 0.344 e. The molecule has 0 atom stereocenters. The van der Waals surface area contributed by atoms with Crippen LogP contribution in [0.15, 0.2) is 66.7 Å². The minimum atomic E-state index is -0.603. The van der Waals surface area contributed by atoms with Gasteiger partial charge in [0.25, 0.3) is 5.91 Å². The van der Waals surface area contributed by atoms with Crippen molar-refractivity contribution in [3.8, 4) is 17.2 Å². The Bertz CT molecular complexity index is 1160. The van der Waals surface area contributed by atoms with E-state index in [-0.39, 0.29) is 19.1 Å². The summed E-state index contributed by atoms with van der Waals surface area (Å²) in [5.74, 6) is 0.961. The van der Waals surface area contributed by atoms with Gasteiger partial charge in [-0.15, -0.1) is 0 Å². The third-order valence-electron chi connectivity index (χ3n) is 5.70. The maximum atomic E-state index is 12.6. The van der Waals surface area contributed by atoms with Crippen molar-refractivity contribution in [3.63, 3.8) is 0 Å². The fourth-order valence-electron chi connectivity index (χ4n) is 3.84. The normalized spacial score (nSPS) is 12.3. The van der Waals surface area contributed by atoms with Crippen molar-refractivity contribution in [3.05, 3.63) is 77.9 Å². The molecule has 1 heterocycles. The average molecular weight is 477 g/mol. The Morgan fingerprint density at radius 2 is 1.51 bits per heavy atom. The highest BCUT2D eigenvalue weighted by Crippen LogP contribution is 2.33. The molecule has 1 aliphatic heterocycles. The Kier molecular flexibility index (Phi) is 7.72. The van der Waals surface area contributed by atoms with Crippen LogP contribution in [0.5, 0.6) is 17.2 Å². The average Bonchev–Trinajstić information content (AvgIpc) is 2.90. The summed E-state index contributed by atoms with van der Waals surface area (Å²) in [6.07, 6.45) is 0.688. The zero-order chi connectivity index (χ0) is 24.6. The van der Waals surface area contributed by atoms with E-state index in [1.165, 1.54) is 0 Å². The maximum absolute atomic E-state index is 12.6. The highest BCUT2D eigenvalue weighted by Gasteiger charge is 2.23. The van der Waals surface area contributed by atoms with Crippen LogP contribution in [0.3, 0.4) is 0 Å². The number of hydrogen-bond acceptors (Lipinski definition) is 7. The highest BCUT2D eigenvalue weighted by molar-refractivity contribution is 5.81. The van der Waals surface area contributed by atoms with E-state index in [4.69, 9.17) is 18.9 Å². The number of anilines is 2. The molecular formula is C27H28N2O6. The molecule has 4 rings (SSSR count). The molecule has 1 aliphatic rings. The first kappa shape index (κ1) is 23.9. The van der Waals surface area contributed by atoms with E-state index in [0.717, 1.165) is 22.5 Å². The third-order valence-corrected chi connectivity index (χ3v) is 5.70. The van der Waals surface area contributed by atoms with Gasteiger partial charge in [-0.2, -0.15) is 0 Å². The number of fused-ring (bicyclic) bond motifs is 1. The predicted octanol–water partition coefficient (Wildman–Crippen LogP) is 3.95. The molecule has 0 radical (unpaired) electrons. The number of esters is 1. The fraction of sp³-hybridized carbons (Fsp3) is 0.259. The van der Waals surface area contributed by atoms with Crippen LogP contribution in [0.1, 0.15) is 11.1 Å². The minimum absolute atomic E-state index is 0.255. The number of ether oxygens (including phenoxy) is 4. The summed E-state index contributed by atoms with van der Waals surface area (Å²) in [7, 11) is 3.17. The van der Waals surface area contributed by atoms with Gasteiger partial charge in [0.15, 0.2) is 24.7 Å². The maximum Gasteiger partial charge on any atom is 0.344 e. The molecule has 35 heavy (non-hydrogen) atoms. The number of carbonyl (C=O) groups is 2. The van der Waals surface area contributed by atoms with Gasteiger partial charge in [0, 0.05) is 24.5 Å². The Morgan fingerprint density at radius 1 is 0.857 bits per heavy atom. The van der Waals surface area contributed by atoms with Gasteiger partial charge in [0.05, 0.1) is 14.2 Å². The van der Waals surface area contributed by atoms with E-state index >= 15 is 0 Å². The molecule has 0 spiro atoms. The van der Waals surface area contributed by atoms with E-state index in [2.05, 4.69) is 5.32 Å². The zero-order valence-corrected chi connectivity index (χ0v) is 19.8. The van der Waals surface area contributed by atoms with Gasteiger partial charge in [-0.1, -0.05) is 18.2 Å². The standard InChI is InChI=1S/C27H28N2O6/c1-32-24-14-19-12-13-29(16-20(19)15-25(24)33-2)26(30)17-35-27(31)18-34-23-10-8-22(9-11-23)28-21-6-4-3-5-7-21/h3-11,14-15,28H,12-13,16-18H2,1-2H3. The monoisotopic (exact) mass is 476 g/mol. The number of nitrogens with zero attached hydrogens (tertiary/aromatic N) is 1. The van der Waals surface area contributed by atoms with Gasteiger partial charge in [0.2, 0.25) is 0 Å². The number of methoxy groups -OCH3 is 2. The van der Waals surface area contributed by atoms with Crippen LogP contribution in [0.25, 0.3) is 0 Å². The molecule has 0 saturated carbocycles. The lowest BCUT2D eigenvalue weighted by Crippen LogP contribution is -2.39. The summed E-state index contributed by atoms with van der Waals surface area (Å²) in [6, 6.07) is 20.9. The van der Waals surface area contributed by atoms with Gasteiger partial charge in [-0.05, 0) is 66.1 Å². The lowest BCUT2D eigenvalue weighted by molar-refractivity contribution is -0.154. The first-order valence-corrected chi connectivity index (χ1v) is 11.3. The fourth-order valence-corrected chi connectivity index (χ4v) is 3.84. The molecule has 8 heteroatoms. The van der Waals surface area contributed by atoms with Crippen molar-refractivity contribution in [2.24, 2.45) is 0 Å². The van der Waals surface area contributed by atoms with Crippen molar-refractivity contribution in [1.29, 1.82) is 0 Å². The van der Waals surface area contributed by atoms with Crippen LogP contribution in [0.2, 0.25) is 0 Å². The first-order valence-electron chi connectivity index (χ1n) is 11.3. The summed E-state index contributed by atoms with van der Waals surface area (Å²) >= 11 is 0. The Morgan fingerprint density at radius 3 is 2.20 bits per heavy atom. The number of rotatable bonds is 9. The Labute approximate surface area is 204 Å². The lowest BCUT2D eigenvalue weighted by atomic mass is 9.99. The zero-order valence-electron chi connectivity index (χ0n) is 19.8. The van der Waals surface area contributed by atoms with E-state index in [0.29, 0.717) is 36.8 Å². The van der Waals surface area contributed by atoms with E-state index in [1.54, 1.807) is 31.3 Å². The molecule has 0 saturated heterocycles. The summed E-state index contributed by atoms with van der Waals surface area (Å²) in [4.78, 5) is 26.4. The van der Waals surface area contributed by atoms with Crippen LogP contribution in [0.4, 0.5) is 11.4 Å². The van der Waals surface area contributed by atoms with Crippen molar-refractivity contribution < 1.29 is 28.5 Å². The number of carbonyl (C=O) groups excluding carboxylic acids is 2. The predicted molar refractivity (Wildman–Crippen MR) is 131 cm³/mol. The SMILES string of the molecule is COc1cc2c(cc1OC)CN(C(=O)COC(=O)COc1ccc(Nc3ccccc3)cc1)CC2. The molecule has 3 aromatic rings. The minimum Gasteiger partial charge on any atom is -0.493 e. The molecule has 1 amide bonds. The van der Waals surface area contributed by atoms with Crippen LogP contribution in [0, 0.1) is 0 Å². The van der Waals surface area contributed by atoms with Crippen molar-refractivity contribution in [2.45, 2.75) is 13.0 Å². The van der Waals surface area contributed by atoms with Gasteiger partial charge in [-0.25, -0.2) is 4.79 Å². The van der Waals surface area contributed by atoms with E-state index in [9.17, 15) is 9.59 Å². The largest absolute Gasteiger partial charge is 0.493 e. The molecule has 182 valence electrons. The van der Waals surface area contributed by atoms with E-state index < -0.39 is 5.97 Å². The molecule has 0 fully saturated rings. The molecule has 0 aromatic heterocycles. The van der Waals surface area contributed by atoms with E-state index in [1.807, 2.05) is 54.6 Å². The Hall–Kier alpha value is -4.20. The Balaban J connectivity index is 1.22. The molecule has 0 bridgehead atoms. The van der Waals surface area contributed by atoms with Gasteiger partial charge < -0.3 is 29.2 Å².